The predicted molar refractivity (Wildman–Crippen MR) is 66.7 cm³/mol. The summed E-state index contributed by atoms with van der Waals surface area (Å²) in [5.74, 6) is -0.539. The molecule has 5 N–H and O–H groups in total. The van der Waals surface area contributed by atoms with Crippen molar-refractivity contribution in [2.24, 2.45) is 10.9 Å². The third kappa shape index (κ3) is 3.77. The van der Waals surface area contributed by atoms with E-state index in [9.17, 15) is 18.0 Å². The smallest absolute Gasteiger partial charge is 0.409 e. The lowest BCUT2D eigenvalue weighted by atomic mass is 10.1. The zero-order chi connectivity index (χ0) is 15.3. The van der Waals surface area contributed by atoms with E-state index in [0.717, 1.165) is 12.1 Å². The number of nitrogens with two attached hydrogens (primary N) is 1. The summed E-state index contributed by atoms with van der Waals surface area (Å²) in [6.45, 7) is 2.02. The second-order valence-corrected chi connectivity index (χ2v) is 3.73. The Morgan fingerprint density at radius 3 is 2.60 bits per heavy atom. The standard InChI is InChI=1S/C11H13F3N4O2/c1-2-16-10(19)17-8-4-3-6(11(12,13)14)5-7(8)9(15)18-20/h3-5,20H,2H2,1H3,(H2,15,18)(H2,16,17,19). The van der Waals surface area contributed by atoms with Crippen LogP contribution in [-0.2, 0) is 6.18 Å². The second kappa shape index (κ2) is 6.13. The second-order valence-electron chi connectivity index (χ2n) is 3.73. The van der Waals surface area contributed by atoms with E-state index in [0.29, 0.717) is 12.6 Å². The van der Waals surface area contributed by atoms with Crippen molar-refractivity contribution in [2.45, 2.75) is 13.1 Å². The Morgan fingerprint density at radius 2 is 2.10 bits per heavy atom. The molecule has 0 aliphatic carbocycles. The molecule has 1 aromatic rings. The van der Waals surface area contributed by atoms with Crippen molar-refractivity contribution in [3.05, 3.63) is 29.3 Å². The van der Waals surface area contributed by atoms with Gasteiger partial charge in [0.2, 0.25) is 0 Å². The first-order chi connectivity index (χ1) is 9.29. The molecule has 110 valence electrons. The summed E-state index contributed by atoms with van der Waals surface area (Å²) in [5.41, 5.74) is 4.12. The molecule has 20 heavy (non-hydrogen) atoms. The number of carbonyl (C=O) groups is 1. The van der Waals surface area contributed by atoms with Crippen molar-refractivity contribution < 1.29 is 23.2 Å². The number of nitrogens with zero attached hydrogens (tertiary/aromatic N) is 1. The monoisotopic (exact) mass is 290 g/mol. The first-order valence-electron chi connectivity index (χ1n) is 5.53. The summed E-state index contributed by atoms with van der Waals surface area (Å²) >= 11 is 0. The van der Waals surface area contributed by atoms with Crippen molar-refractivity contribution in [3.8, 4) is 0 Å². The van der Waals surface area contributed by atoms with E-state index in [1.165, 1.54) is 0 Å². The number of rotatable bonds is 3. The molecule has 9 heteroatoms. The number of halogens is 3. The number of anilines is 1. The van der Waals surface area contributed by atoms with Gasteiger partial charge in [-0.3, -0.25) is 0 Å². The van der Waals surface area contributed by atoms with Crippen LogP contribution >= 0.6 is 0 Å². The normalized spacial score (nSPS) is 12.1. The molecule has 2 amide bonds. The molecule has 0 heterocycles. The highest BCUT2D eigenvalue weighted by Gasteiger charge is 2.31. The van der Waals surface area contributed by atoms with Crippen LogP contribution in [0.4, 0.5) is 23.7 Å². The van der Waals surface area contributed by atoms with Crippen molar-refractivity contribution in [1.29, 1.82) is 0 Å². The molecule has 0 saturated carbocycles. The average Bonchev–Trinajstić information content (AvgIpc) is 2.37. The van der Waals surface area contributed by atoms with Crippen LogP contribution in [0.25, 0.3) is 0 Å². The summed E-state index contributed by atoms with van der Waals surface area (Å²) in [4.78, 5) is 11.4. The lowest BCUT2D eigenvalue weighted by Gasteiger charge is -2.13. The molecule has 1 aromatic carbocycles. The largest absolute Gasteiger partial charge is 0.416 e. The van der Waals surface area contributed by atoms with Crippen LogP contribution in [0.5, 0.6) is 0 Å². The maximum atomic E-state index is 12.6. The minimum absolute atomic E-state index is 0.000694. The number of oxime groups is 1. The van der Waals surface area contributed by atoms with Crippen molar-refractivity contribution >= 4 is 17.6 Å². The summed E-state index contributed by atoms with van der Waals surface area (Å²) in [7, 11) is 0. The Kier molecular flexibility index (Phi) is 4.78. The molecule has 0 atom stereocenters. The number of urea groups is 1. The molecule has 0 saturated heterocycles. The summed E-state index contributed by atoms with van der Waals surface area (Å²) in [6.07, 6.45) is -4.57. The fourth-order valence-corrected chi connectivity index (χ4v) is 1.42. The van der Waals surface area contributed by atoms with Gasteiger partial charge < -0.3 is 21.6 Å². The molecule has 0 bridgehead atoms. The Hall–Kier alpha value is -2.45. The van der Waals surface area contributed by atoms with Gasteiger partial charge in [0.05, 0.1) is 11.3 Å². The molecule has 1 rings (SSSR count). The number of benzene rings is 1. The first kappa shape index (κ1) is 15.6. The molecule has 6 nitrogen and oxygen atoms in total. The third-order valence-corrected chi connectivity index (χ3v) is 2.32. The number of carbonyl (C=O) groups excluding carboxylic acids is 1. The van der Waals surface area contributed by atoms with E-state index in [1.807, 2.05) is 0 Å². The van der Waals surface area contributed by atoms with Crippen molar-refractivity contribution in [1.82, 2.24) is 5.32 Å². The summed E-state index contributed by atoms with van der Waals surface area (Å²) in [5, 5.41) is 16.0. The van der Waals surface area contributed by atoms with E-state index in [-0.39, 0.29) is 11.3 Å². The SMILES string of the molecule is CCNC(=O)Nc1ccc(C(F)(F)F)cc1/C(N)=N/O. The van der Waals surface area contributed by atoms with Crippen LogP contribution in [0.3, 0.4) is 0 Å². The molecule has 0 aliphatic heterocycles. The van der Waals surface area contributed by atoms with Gasteiger partial charge in [-0.15, -0.1) is 0 Å². The fourth-order valence-electron chi connectivity index (χ4n) is 1.42. The lowest BCUT2D eigenvalue weighted by molar-refractivity contribution is -0.137. The van der Waals surface area contributed by atoms with E-state index >= 15 is 0 Å². The van der Waals surface area contributed by atoms with Crippen LogP contribution in [0.15, 0.2) is 23.4 Å². The predicted octanol–water partition coefficient (Wildman–Crippen LogP) is 1.94. The maximum absolute atomic E-state index is 12.6. The molecule has 0 unspecified atom stereocenters. The van der Waals surface area contributed by atoms with Crippen LogP contribution in [-0.4, -0.2) is 23.6 Å². The highest BCUT2D eigenvalue weighted by molar-refractivity contribution is 6.05. The molecular formula is C11H13F3N4O2. The van der Waals surface area contributed by atoms with Gasteiger partial charge in [-0.25, -0.2) is 4.79 Å². The van der Waals surface area contributed by atoms with E-state index in [1.54, 1.807) is 6.92 Å². The average molecular weight is 290 g/mol. The van der Waals surface area contributed by atoms with Gasteiger partial charge in [-0.05, 0) is 25.1 Å². The number of nitrogens with one attached hydrogen (secondary N) is 2. The topological polar surface area (TPSA) is 99.7 Å². The van der Waals surface area contributed by atoms with Crippen LogP contribution < -0.4 is 16.4 Å². The summed E-state index contributed by atoms with van der Waals surface area (Å²) in [6, 6.07) is 1.90. The van der Waals surface area contributed by atoms with Gasteiger partial charge in [-0.1, -0.05) is 5.16 Å². The fraction of sp³-hybridized carbons (Fsp3) is 0.273. The Labute approximate surface area is 112 Å². The first-order valence-corrected chi connectivity index (χ1v) is 5.53. The van der Waals surface area contributed by atoms with Crippen LogP contribution in [0.1, 0.15) is 18.1 Å². The zero-order valence-corrected chi connectivity index (χ0v) is 10.5. The number of hydrogen-bond acceptors (Lipinski definition) is 3. The quantitative estimate of drug-likeness (QED) is 0.296. The van der Waals surface area contributed by atoms with Gasteiger partial charge in [0, 0.05) is 12.1 Å². The molecular weight excluding hydrogens is 277 g/mol. The van der Waals surface area contributed by atoms with Gasteiger partial charge in [0.15, 0.2) is 5.84 Å². The molecule has 0 spiro atoms. The van der Waals surface area contributed by atoms with E-state index < -0.39 is 23.6 Å². The Morgan fingerprint density at radius 1 is 1.45 bits per heavy atom. The maximum Gasteiger partial charge on any atom is 0.416 e. The minimum Gasteiger partial charge on any atom is -0.409 e. The van der Waals surface area contributed by atoms with Gasteiger partial charge in [0.1, 0.15) is 0 Å². The summed E-state index contributed by atoms with van der Waals surface area (Å²) < 4.78 is 37.8. The number of hydrogen-bond donors (Lipinski definition) is 4. The highest BCUT2D eigenvalue weighted by atomic mass is 19.4. The number of alkyl halides is 3. The zero-order valence-electron chi connectivity index (χ0n) is 10.5. The third-order valence-electron chi connectivity index (χ3n) is 2.32. The number of amidine groups is 1. The van der Waals surface area contributed by atoms with Crippen molar-refractivity contribution in [3.63, 3.8) is 0 Å². The van der Waals surface area contributed by atoms with Crippen LogP contribution in [0.2, 0.25) is 0 Å². The molecule has 0 aliphatic rings. The van der Waals surface area contributed by atoms with Crippen LogP contribution in [0, 0.1) is 0 Å². The van der Waals surface area contributed by atoms with Gasteiger partial charge in [-0.2, -0.15) is 13.2 Å². The highest BCUT2D eigenvalue weighted by Crippen LogP contribution is 2.31. The van der Waals surface area contributed by atoms with E-state index in [2.05, 4.69) is 15.8 Å². The molecule has 0 aromatic heterocycles. The minimum atomic E-state index is -4.57. The van der Waals surface area contributed by atoms with Gasteiger partial charge >= 0.3 is 12.2 Å². The van der Waals surface area contributed by atoms with Crippen molar-refractivity contribution in [2.75, 3.05) is 11.9 Å². The lowest BCUT2D eigenvalue weighted by Crippen LogP contribution is -2.29. The Balaban J connectivity index is 3.21. The Bertz CT molecular complexity index is 529. The van der Waals surface area contributed by atoms with Gasteiger partial charge in [0.25, 0.3) is 0 Å². The molecule has 0 fully saturated rings. The number of amides is 2. The molecule has 0 radical (unpaired) electrons. The van der Waals surface area contributed by atoms with E-state index in [4.69, 9.17) is 10.9 Å².